The highest BCUT2D eigenvalue weighted by atomic mass is 16.5. The van der Waals surface area contributed by atoms with Crippen LogP contribution < -0.4 is 5.73 Å². The number of benzene rings is 1. The highest BCUT2D eigenvalue weighted by Gasteiger charge is 2.21. The molecule has 0 radical (unpaired) electrons. The van der Waals surface area contributed by atoms with Crippen LogP contribution in [0.15, 0.2) is 41.1 Å². The second kappa shape index (κ2) is 4.16. The van der Waals surface area contributed by atoms with Crippen LogP contribution in [0.25, 0.3) is 0 Å². The van der Waals surface area contributed by atoms with Gasteiger partial charge in [0.2, 0.25) is 0 Å². The molecule has 82 valence electrons. The van der Waals surface area contributed by atoms with Gasteiger partial charge in [-0.1, -0.05) is 35.5 Å². The van der Waals surface area contributed by atoms with Gasteiger partial charge in [0, 0.05) is 0 Å². The quantitative estimate of drug-likeness (QED) is 0.799. The molecule has 0 spiro atoms. The number of aromatic nitrogens is 1. The zero-order chi connectivity index (χ0) is 11.5. The number of primary amides is 1. The summed E-state index contributed by atoms with van der Waals surface area (Å²) in [5, 5.41) is 13.5. The molecule has 3 N–H and O–H groups in total. The number of rotatable bonds is 3. The molecule has 2 aromatic rings. The molecular formula is C11H10N2O3. The number of aliphatic hydroxyl groups is 1. The first-order valence-electron chi connectivity index (χ1n) is 4.67. The Labute approximate surface area is 91.5 Å². The zero-order valence-corrected chi connectivity index (χ0v) is 8.33. The minimum atomic E-state index is -0.963. The van der Waals surface area contributed by atoms with Crippen molar-refractivity contribution in [1.82, 2.24) is 5.16 Å². The van der Waals surface area contributed by atoms with Crippen LogP contribution in [0.3, 0.4) is 0 Å². The van der Waals surface area contributed by atoms with Crippen LogP contribution in [0.2, 0.25) is 0 Å². The monoisotopic (exact) mass is 218 g/mol. The van der Waals surface area contributed by atoms with Crippen LogP contribution in [0.1, 0.15) is 27.7 Å². The molecule has 0 bridgehead atoms. The van der Waals surface area contributed by atoms with Crippen molar-refractivity contribution in [2.75, 3.05) is 0 Å². The average molecular weight is 218 g/mol. The maximum Gasteiger partial charge on any atom is 0.271 e. The molecule has 0 aliphatic heterocycles. The Balaban J connectivity index is 2.38. The van der Waals surface area contributed by atoms with Gasteiger partial charge in [-0.15, -0.1) is 0 Å². The van der Waals surface area contributed by atoms with Crippen molar-refractivity contribution in [2.45, 2.75) is 6.10 Å². The number of hydrogen-bond acceptors (Lipinski definition) is 4. The van der Waals surface area contributed by atoms with E-state index in [2.05, 4.69) is 9.68 Å². The SMILES string of the molecule is NC(=O)c1nocc1C(O)c1ccccc1. The van der Waals surface area contributed by atoms with Crippen LogP contribution in [0.5, 0.6) is 0 Å². The molecule has 1 heterocycles. The predicted octanol–water partition coefficient (Wildman–Crippen LogP) is 0.855. The van der Waals surface area contributed by atoms with Gasteiger partial charge in [0.1, 0.15) is 12.4 Å². The molecule has 0 saturated carbocycles. The van der Waals surface area contributed by atoms with Crippen molar-refractivity contribution in [1.29, 1.82) is 0 Å². The summed E-state index contributed by atoms with van der Waals surface area (Å²) >= 11 is 0. The van der Waals surface area contributed by atoms with Gasteiger partial charge in [-0.05, 0) is 5.56 Å². The van der Waals surface area contributed by atoms with Crippen LogP contribution in [0, 0.1) is 0 Å². The van der Waals surface area contributed by atoms with Gasteiger partial charge in [-0.2, -0.15) is 0 Å². The topological polar surface area (TPSA) is 89.4 Å². The number of aliphatic hydroxyl groups excluding tert-OH is 1. The van der Waals surface area contributed by atoms with E-state index in [4.69, 9.17) is 5.73 Å². The molecule has 1 aromatic heterocycles. The van der Waals surface area contributed by atoms with Crippen molar-refractivity contribution < 1.29 is 14.4 Å². The summed E-state index contributed by atoms with van der Waals surface area (Å²) in [6.45, 7) is 0. The van der Waals surface area contributed by atoms with Gasteiger partial charge in [-0.25, -0.2) is 0 Å². The molecule has 0 saturated heterocycles. The third-order valence-corrected chi connectivity index (χ3v) is 2.24. The lowest BCUT2D eigenvalue weighted by Crippen LogP contribution is -2.15. The molecule has 5 nitrogen and oxygen atoms in total. The fourth-order valence-corrected chi connectivity index (χ4v) is 1.44. The Morgan fingerprint density at radius 1 is 1.38 bits per heavy atom. The number of nitrogens with zero attached hydrogens (tertiary/aromatic N) is 1. The zero-order valence-electron chi connectivity index (χ0n) is 8.33. The van der Waals surface area contributed by atoms with E-state index in [-0.39, 0.29) is 11.3 Å². The van der Waals surface area contributed by atoms with Crippen LogP contribution in [-0.4, -0.2) is 16.2 Å². The third kappa shape index (κ3) is 1.80. The lowest BCUT2D eigenvalue weighted by molar-refractivity contribution is 0.0987. The predicted molar refractivity (Wildman–Crippen MR) is 55.5 cm³/mol. The molecule has 1 atom stereocenters. The van der Waals surface area contributed by atoms with Gasteiger partial charge in [0.05, 0.1) is 5.56 Å². The second-order valence-corrected chi connectivity index (χ2v) is 3.30. The van der Waals surface area contributed by atoms with Gasteiger partial charge in [-0.3, -0.25) is 4.79 Å². The standard InChI is InChI=1S/C11H10N2O3/c12-11(15)9-8(6-16-13-9)10(14)7-4-2-1-3-5-7/h1-6,10,14H,(H2,12,15). The fourth-order valence-electron chi connectivity index (χ4n) is 1.44. The van der Waals surface area contributed by atoms with Gasteiger partial charge in [0.25, 0.3) is 5.91 Å². The molecule has 1 aromatic carbocycles. The minimum Gasteiger partial charge on any atom is -0.383 e. The average Bonchev–Trinajstić information content (AvgIpc) is 2.78. The molecule has 2 rings (SSSR count). The molecular weight excluding hydrogens is 208 g/mol. The second-order valence-electron chi connectivity index (χ2n) is 3.30. The molecule has 0 aliphatic carbocycles. The van der Waals surface area contributed by atoms with Gasteiger partial charge < -0.3 is 15.4 Å². The Kier molecular flexibility index (Phi) is 2.70. The van der Waals surface area contributed by atoms with E-state index in [0.717, 1.165) is 0 Å². The Morgan fingerprint density at radius 2 is 2.06 bits per heavy atom. The third-order valence-electron chi connectivity index (χ3n) is 2.24. The van der Waals surface area contributed by atoms with Crippen molar-refractivity contribution >= 4 is 5.91 Å². The largest absolute Gasteiger partial charge is 0.383 e. The highest BCUT2D eigenvalue weighted by molar-refractivity contribution is 5.92. The van der Waals surface area contributed by atoms with Crippen LogP contribution >= 0.6 is 0 Å². The number of amides is 1. The normalized spacial score (nSPS) is 12.3. The molecule has 0 aliphatic rings. The minimum absolute atomic E-state index is 0.0450. The van der Waals surface area contributed by atoms with Gasteiger partial charge in [0.15, 0.2) is 5.69 Å². The summed E-state index contributed by atoms with van der Waals surface area (Å²) in [5.41, 5.74) is 5.98. The summed E-state index contributed by atoms with van der Waals surface area (Å²) in [4.78, 5) is 11.0. The summed E-state index contributed by atoms with van der Waals surface area (Å²) < 4.78 is 4.64. The van der Waals surface area contributed by atoms with Crippen molar-refractivity contribution in [2.24, 2.45) is 5.73 Å². The Morgan fingerprint density at radius 3 is 2.69 bits per heavy atom. The van der Waals surface area contributed by atoms with E-state index < -0.39 is 12.0 Å². The van der Waals surface area contributed by atoms with Crippen molar-refractivity contribution in [3.05, 3.63) is 53.4 Å². The summed E-state index contributed by atoms with van der Waals surface area (Å²) in [7, 11) is 0. The first-order valence-corrected chi connectivity index (χ1v) is 4.67. The first kappa shape index (κ1) is 10.4. The molecule has 0 fully saturated rings. The van der Waals surface area contributed by atoms with E-state index in [1.54, 1.807) is 24.3 Å². The van der Waals surface area contributed by atoms with E-state index in [0.29, 0.717) is 5.56 Å². The number of nitrogens with two attached hydrogens (primary N) is 1. The van der Waals surface area contributed by atoms with Gasteiger partial charge >= 0.3 is 0 Å². The molecule has 1 unspecified atom stereocenters. The summed E-state index contributed by atoms with van der Waals surface area (Å²) in [6, 6.07) is 8.88. The highest BCUT2D eigenvalue weighted by Crippen LogP contribution is 2.23. The number of carbonyl (C=O) groups is 1. The van der Waals surface area contributed by atoms with Crippen LogP contribution in [0.4, 0.5) is 0 Å². The van der Waals surface area contributed by atoms with E-state index >= 15 is 0 Å². The molecule has 1 amide bonds. The summed E-state index contributed by atoms with van der Waals surface area (Å²) in [5.74, 6) is -0.723. The lowest BCUT2D eigenvalue weighted by atomic mass is 10.0. The smallest absolute Gasteiger partial charge is 0.271 e. The maximum absolute atomic E-state index is 11.0. The van der Waals surface area contributed by atoms with E-state index in [9.17, 15) is 9.90 Å². The Hall–Kier alpha value is -2.14. The fraction of sp³-hybridized carbons (Fsp3) is 0.0909. The maximum atomic E-state index is 11.0. The summed E-state index contributed by atoms with van der Waals surface area (Å²) in [6.07, 6.45) is 0.257. The van der Waals surface area contributed by atoms with E-state index in [1.165, 1.54) is 6.26 Å². The Bertz CT molecular complexity index is 493. The van der Waals surface area contributed by atoms with Crippen molar-refractivity contribution in [3.8, 4) is 0 Å². The van der Waals surface area contributed by atoms with Crippen molar-refractivity contribution in [3.63, 3.8) is 0 Å². The number of hydrogen-bond donors (Lipinski definition) is 2. The molecule has 5 heteroatoms. The lowest BCUT2D eigenvalue weighted by Gasteiger charge is -2.08. The van der Waals surface area contributed by atoms with Crippen LogP contribution in [-0.2, 0) is 0 Å². The molecule has 16 heavy (non-hydrogen) atoms. The first-order chi connectivity index (χ1) is 7.70. The number of carbonyl (C=O) groups excluding carboxylic acids is 1. The van der Waals surface area contributed by atoms with E-state index in [1.807, 2.05) is 6.07 Å².